The van der Waals surface area contributed by atoms with E-state index in [9.17, 15) is 4.79 Å². The van der Waals surface area contributed by atoms with Crippen molar-refractivity contribution in [3.63, 3.8) is 0 Å². The number of thiophene rings is 1. The Morgan fingerprint density at radius 3 is 2.95 bits per heavy atom. The summed E-state index contributed by atoms with van der Waals surface area (Å²) in [5.41, 5.74) is 5.86. The van der Waals surface area contributed by atoms with Gasteiger partial charge in [-0.1, -0.05) is 19.3 Å². The van der Waals surface area contributed by atoms with E-state index in [0.717, 1.165) is 24.3 Å². The van der Waals surface area contributed by atoms with Gasteiger partial charge in [-0.3, -0.25) is 4.79 Å². The average molecular weight is 282 g/mol. The summed E-state index contributed by atoms with van der Waals surface area (Å²) in [5, 5.41) is 5.38. The molecule has 2 rings (SSSR count). The summed E-state index contributed by atoms with van der Waals surface area (Å²) in [6, 6.07) is 2.28. The standard InChI is InChI=1S/C14H22N2O2S/c1-18-13-6-4-2-3-5-12(13)16-8-11-7-10(9-19-11)14(15)17/h7,9,12-13,16H,2-6,8H2,1H3,(H2,15,17). The minimum Gasteiger partial charge on any atom is -0.380 e. The lowest BCUT2D eigenvalue weighted by atomic mass is 10.1. The Kier molecular flexibility index (Phi) is 5.36. The maximum absolute atomic E-state index is 11.1. The Hall–Kier alpha value is -0.910. The molecular weight excluding hydrogens is 260 g/mol. The van der Waals surface area contributed by atoms with Gasteiger partial charge in [0.15, 0.2) is 0 Å². The van der Waals surface area contributed by atoms with Gasteiger partial charge in [-0.15, -0.1) is 11.3 Å². The highest BCUT2D eigenvalue weighted by Gasteiger charge is 2.22. The summed E-state index contributed by atoms with van der Waals surface area (Å²) in [4.78, 5) is 12.2. The maximum atomic E-state index is 11.1. The van der Waals surface area contributed by atoms with E-state index in [1.807, 2.05) is 11.4 Å². The number of ether oxygens (including phenoxy) is 1. The van der Waals surface area contributed by atoms with Crippen LogP contribution in [-0.2, 0) is 11.3 Å². The van der Waals surface area contributed by atoms with Gasteiger partial charge in [0.05, 0.1) is 11.7 Å². The van der Waals surface area contributed by atoms with Crippen LogP contribution in [0, 0.1) is 0 Å². The van der Waals surface area contributed by atoms with Gasteiger partial charge in [-0.25, -0.2) is 0 Å². The highest BCUT2D eigenvalue weighted by molar-refractivity contribution is 7.10. The minimum atomic E-state index is -0.355. The van der Waals surface area contributed by atoms with Crippen molar-refractivity contribution in [3.8, 4) is 0 Å². The lowest BCUT2D eigenvalue weighted by Gasteiger charge is -2.24. The number of carbonyl (C=O) groups is 1. The molecule has 106 valence electrons. The van der Waals surface area contributed by atoms with Gasteiger partial charge in [0, 0.05) is 30.0 Å². The van der Waals surface area contributed by atoms with Gasteiger partial charge in [-0.05, 0) is 18.9 Å². The lowest BCUT2D eigenvalue weighted by molar-refractivity contribution is 0.0626. The van der Waals surface area contributed by atoms with E-state index >= 15 is 0 Å². The van der Waals surface area contributed by atoms with Crippen LogP contribution in [0.2, 0.25) is 0 Å². The molecule has 2 atom stereocenters. The number of hydrogen-bond donors (Lipinski definition) is 2. The summed E-state index contributed by atoms with van der Waals surface area (Å²) < 4.78 is 5.58. The van der Waals surface area contributed by atoms with Crippen LogP contribution in [0.15, 0.2) is 11.4 Å². The number of methoxy groups -OCH3 is 1. The number of rotatable bonds is 5. The Labute approximate surface area is 118 Å². The van der Waals surface area contributed by atoms with Crippen molar-refractivity contribution in [3.05, 3.63) is 21.9 Å². The fraction of sp³-hybridized carbons (Fsp3) is 0.643. The molecule has 2 unspecified atom stereocenters. The van der Waals surface area contributed by atoms with E-state index in [0.29, 0.717) is 17.7 Å². The second-order valence-corrected chi connectivity index (χ2v) is 6.06. The largest absolute Gasteiger partial charge is 0.380 e. The smallest absolute Gasteiger partial charge is 0.249 e. The highest BCUT2D eigenvalue weighted by Crippen LogP contribution is 2.21. The third-order valence-electron chi connectivity index (χ3n) is 3.73. The molecule has 1 aromatic heterocycles. The van der Waals surface area contributed by atoms with Gasteiger partial charge in [0.2, 0.25) is 5.91 Å². The Morgan fingerprint density at radius 1 is 1.47 bits per heavy atom. The van der Waals surface area contributed by atoms with Crippen LogP contribution in [0.4, 0.5) is 0 Å². The second kappa shape index (κ2) is 7.03. The molecule has 0 aromatic carbocycles. The van der Waals surface area contributed by atoms with E-state index < -0.39 is 0 Å². The monoisotopic (exact) mass is 282 g/mol. The first-order valence-electron chi connectivity index (χ1n) is 6.84. The molecule has 1 amide bonds. The third kappa shape index (κ3) is 4.03. The van der Waals surface area contributed by atoms with Gasteiger partial charge in [0.1, 0.15) is 0 Å². The highest BCUT2D eigenvalue weighted by atomic mass is 32.1. The first-order valence-corrected chi connectivity index (χ1v) is 7.72. The molecule has 1 aromatic rings. The summed E-state index contributed by atoms with van der Waals surface area (Å²) in [7, 11) is 1.79. The number of amides is 1. The van der Waals surface area contributed by atoms with Crippen molar-refractivity contribution < 1.29 is 9.53 Å². The number of nitrogens with two attached hydrogens (primary N) is 1. The Bertz CT molecular complexity index is 419. The number of primary amides is 1. The molecule has 1 heterocycles. The van der Waals surface area contributed by atoms with Crippen molar-refractivity contribution in [1.82, 2.24) is 5.32 Å². The van der Waals surface area contributed by atoms with E-state index in [4.69, 9.17) is 10.5 Å². The zero-order valence-electron chi connectivity index (χ0n) is 11.4. The molecule has 0 radical (unpaired) electrons. The van der Waals surface area contributed by atoms with Crippen LogP contribution >= 0.6 is 11.3 Å². The van der Waals surface area contributed by atoms with Crippen LogP contribution in [-0.4, -0.2) is 25.2 Å². The average Bonchev–Trinajstić information content (AvgIpc) is 2.76. The van der Waals surface area contributed by atoms with Crippen molar-refractivity contribution in [1.29, 1.82) is 0 Å². The fourth-order valence-electron chi connectivity index (χ4n) is 2.62. The fourth-order valence-corrected chi connectivity index (χ4v) is 3.45. The SMILES string of the molecule is COC1CCCCCC1NCc1cc(C(N)=O)cs1. The van der Waals surface area contributed by atoms with Crippen LogP contribution < -0.4 is 11.1 Å². The number of nitrogens with one attached hydrogen (secondary N) is 1. The summed E-state index contributed by atoms with van der Waals surface area (Å²) in [5.74, 6) is -0.355. The minimum absolute atomic E-state index is 0.304. The second-order valence-electron chi connectivity index (χ2n) is 5.07. The number of carbonyl (C=O) groups excluding carboxylic acids is 1. The molecule has 0 spiro atoms. The normalized spacial score (nSPS) is 24.1. The molecule has 5 heteroatoms. The zero-order valence-corrected chi connectivity index (χ0v) is 12.2. The maximum Gasteiger partial charge on any atom is 0.249 e. The molecule has 3 N–H and O–H groups in total. The van der Waals surface area contributed by atoms with Crippen molar-refractivity contribution in [2.24, 2.45) is 5.73 Å². The van der Waals surface area contributed by atoms with Gasteiger partial charge >= 0.3 is 0 Å². The zero-order chi connectivity index (χ0) is 13.7. The molecule has 19 heavy (non-hydrogen) atoms. The molecule has 0 saturated heterocycles. The van der Waals surface area contributed by atoms with E-state index in [1.54, 1.807) is 18.4 Å². The quantitative estimate of drug-likeness (QED) is 0.814. The van der Waals surface area contributed by atoms with E-state index in [2.05, 4.69) is 5.32 Å². The van der Waals surface area contributed by atoms with Gasteiger partial charge < -0.3 is 15.8 Å². The summed E-state index contributed by atoms with van der Waals surface area (Å²) in [6.07, 6.45) is 6.40. The Morgan fingerprint density at radius 2 is 2.26 bits per heavy atom. The first-order chi connectivity index (χ1) is 9.20. The van der Waals surface area contributed by atoms with Crippen LogP contribution in [0.1, 0.15) is 47.3 Å². The molecule has 0 aliphatic heterocycles. The first kappa shape index (κ1) is 14.5. The van der Waals surface area contributed by atoms with Crippen LogP contribution in [0.5, 0.6) is 0 Å². The Balaban J connectivity index is 1.90. The van der Waals surface area contributed by atoms with Crippen molar-refractivity contribution in [2.75, 3.05) is 7.11 Å². The molecule has 1 aliphatic carbocycles. The van der Waals surface area contributed by atoms with E-state index in [-0.39, 0.29) is 5.91 Å². The molecular formula is C14H22N2O2S. The molecule has 1 saturated carbocycles. The predicted molar refractivity (Wildman–Crippen MR) is 77.3 cm³/mol. The summed E-state index contributed by atoms with van der Waals surface area (Å²) in [6.45, 7) is 0.780. The molecule has 1 fully saturated rings. The van der Waals surface area contributed by atoms with Gasteiger partial charge in [-0.2, -0.15) is 0 Å². The third-order valence-corrected chi connectivity index (χ3v) is 4.67. The van der Waals surface area contributed by atoms with Gasteiger partial charge in [0.25, 0.3) is 0 Å². The molecule has 0 bridgehead atoms. The van der Waals surface area contributed by atoms with E-state index in [1.165, 1.54) is 19.3 Å². The topological polar surface area (TPSA) is 64.3 Å². The van der Waals surface area contributed by atoms with Crippen molar-refractivity contribution >= 4 is 17.2 Å². The summed E-state index contributed by atoms with van der Waals surface area (Å²) >= 11 is 1.58. The van der Waals surface area contributed by atoms with Crippen molar-refractivity contribution in [2.45, 2.75) is 50.8 Å². The number of hydrogen-bond acceptors (Lipinski definition) is 4. The molecule has 1 aliphatic rings. The molecule has 4 nitrogen and oxygen atoms in total. The van der Waals surface area contributed by atoms with Crippen LogP contribution in [0.25, 0.3) is 0 Å². The predicted octanol–water partition coefficient (Wildman–Crippen LogP) is 2.28. The van der Waals surface area contributed by atoms with Crippen LogP contribution in [0.3, 0.4) is 0 Å². The lowest BCUT2D eigenvalue weighted by Crippen LogP contribution is -2.39.